The van der Waals surface area contributed by atoms with Crippen LogP contribution >= 0.6 is 0 Å². The molecule has 3 rings (SSSR count). The van der Waals surface area contributed by atoms with E-state index in [-0.39, 0.29) is 5.69 Å². The molecule has 0 unspecified atom stereocenters. The zero-order valence-corrected chi connectivity index (χ0v) is 12.2. The molecule has 23 heavy (non-hydrogen) atoms. The van der Waals surface area contributed by atoms with Crippen LogP contribution in [0.15, 0.2) is 48.9 Å². The summed E-state index contributed by atoms with van der Waals surface area (Å²) in [7, 11) is 0. The lowest BCUT2D eigenvalue weighted by atomic mass is 10.2. The standard InChI is InChI=1S/C15H12N6O2/c1-10-2-3-12(21(22)23)8-14(10)20-15-16-6-5-13(19-15)11-4-7-17-18-9-11/h2-9H,1H3,(H,16,19,20). The van der Waals surface area contributed by atoms with Crippen molar-refractivity contribution in [2.75, 3.05) is 5.32 Å². The van der Waals surface area contributed by atoms with E-state index in [1.54, 1.807) is 36.8 Å². The van der Waals surface area contributed by atoms with Crippen LogP contribution in [0.1, 0.15) is 5.56 Å². The van der Waals surface area contributed by atoms with Crippen LogP contribution in [0.3, 0.4) is 0 Å². The number of nitro groups is 1. The van der Waals surface area contributed by atoms with Crippen LogP contribution in [-0.2, 0) is 0 Å². The van der Waals surface area contributed by atoms with Crippen molar-refractivity contribution >= 4 is 17.3 Å². The highest BCUT2D eigenvalue weighted by Crippen LogP contribution is 2.24. The fourth-order valence-corrected chi connectivity index (χ4v) is 2.00. The summed E-state index contributed by atoms with van der Waals surface area (Å²) in [5, 5.41) is 21.4. The van der Waals surface area contributed by atoms with Crippen LogP contribution in [0.2, 0.25) is 0 Å². The van der Waals surface area contributed by atoms with E-state index in [4.69, 9.17) is 0 Å². The molecule has 0 fully saturated rings. The predicted octanol–water partition coefficient (Wildman–Crippen LogP) is 2.89. The van der Waals surface area contributed by atoms with E-state index in [0.717, 1.165) is 11.1 Å². The molecule has 0 spiro atoms. The molecule has 0 aliphatic rings. The Balaban J connectivity index is 1.92. The first kappa shape index (κ1) is 14.5. The van der Waals surface area contributed by atoms with Gasteiger partial charge in [-0.25, -0.2) is 9.97 Å². The van der Waals surface area contributed by atoms with Gasteiger partial charge in [-0.15, -0.1) is 0 Å². The number of nitro benzene ring substituents is 1. The van der Waals surface area contributed by atoms with Gasteiger partial charge < -0.3 is 5.32 Å². The number of hydrogen-bond acceptors (Lipinski definition) is 7. The molecule has 114 valence electrons. The Labute approximate surface area is 131 Å². The van der Waals surface area contributed by atoms with Gasteiger partial charge in [0, 0.05) is 23.9 Å². The molecule has 2 aromatic heterocycles. The summed E-state index contributed by atoms with van der Waals surface area (Å²) in [4.78, 5) is 19.0. The van der Waals surface area contributed by atoms with Crippen molar-refractivity contribution in [2.45, 2.75) is 6.92 Å². The highest BCUT2D eigenvalue weighted by atomic mass is 16.6. The van der Waals surface area contributed by atoms with Gasteiger partial charge in [0.2, 0.25) is 5.95 Å². The zero-order chi connectivity index (χ0) is 16.2. The number of nitrogens with zero attached hydrogens (tertiary/aromatic N) is 5. The summed E-state index contributed by atoms with van der Waals surface area (Å²) < 4.78 is 0. The largest absolute Gasteiger partial charge is 0.324 e. The van der Waals surface area contributed by atoms with E-state index in [1.807, 2.05) is 6.92 Å². The third-order valence-electron chi connectivity index (χ3n) is 3.21. The van der Waals surface area contributed by atoms with Crippen LogP contribution in [0.5, 0.6) is 0 Å². The Bertz CT molecular complexity index is 854. The van der Waals surface area contributed by atoms with Gasteiger partial charge in [-0.1, -0.05) is 6.07 Å². The zero-order valence-electron chi connectivity index (χ0n) is 12.2. The normalized spacial score (nSPS) is 10.3. The van der Waals surface area contributed by atoms with Crippen molar-refractivity contribution in [3.8, 4) is 11.3 Å². The quantitative estimate of drug-likeness (QED) is 0.583. The van der Waals surface area contributed by atoms with Crippen LogP contribution < -0.4 is 5.32 Å². The van der Waals surface area contributed by atoms with Gasteiger partial charge >= 0.3 is 0 Å². The summed E-state index contributed by atoms with van der Waals surface area (Å²) in [6, 6.07) is 8.14. The molecule has 0 bridgehead atoms. The first-order valence-electron chi connectivity index (χ1n) is 6.75. The number of aromatic nitrogens is 4. The molecule has 0 atom stereocenters. The number of anilines is 2. The second kappa shape index (κ2) is 6.14. The van der Waals surface area contributed by atoms with Crippen LogP contribution in [-0.4, -0.2) is 25.1 Å². The molecule has 0 saturated carbocycles. The topological polar surface area (TPSA) is 107 Å². The first-order chi connectivity index (χ1) is 11.1. The lowest BCUT2D eigenvalue weighted by Gasteiger charge is -2.09. The minimum Gasteiger partial charge on any atom is -0.324 e. The van der Waals surface area contributed by atoms with Crippen LogP contribution in [0.25, 0.3) is 11.3 Å². The molecule has 8 nitrogen and oxygen atoms in total. The first-order valence-corrected chi connectivity index (χ1v) is 6.75. The third kappa shape index (κ3) is 3.26. The number of nitrogens with one attached hydrogen (secondary N) is 1. The van der Waals surface area contributed by atoms with Crippen molar-refractivity contribution in [3.63, 3.8) is 0 Å². The highest BCUT2D eigenvalue weighted by molar-refractivity contribution is 5.64. The van der Waals surface area contributed by atoms with Gasteiger partial charge in [0.15, 0.2) is 0 Å². The monoisotopic (exact) mass is 308 g/mol. The maximum absolute atomic E-state index is 10.9. The fourth-order valence-electron chi connectivity index (χ4n) is 2.00. The van der Waals surface area contributed by atoms with Crippen LogP contribution in [0.4, 0.5) is 17.3 Å². The van der Waals surface area contributed by atoms with E-state index in [9.17, 15) is 10.1 Å². The highest BCUT2D eigenvalue weighted by Gasteiger charge is 2.10. The summed E-state index contributed by atoms with van der Waals surface area (Å²) in [6.45, 7) is 1.85. The number of hydrogen-bond donors (Lipinski definition) is 1. The van der Waals surface area contributed by atoms with E-state index in [0.29, 0.717) is 17.3 Å². The summed E-state index contributed by atoms with van der Waals surface area (Å²) in [5.41, 5.74) is 2.94. The molecule has 8 heteroatoms. The van der Waals surface area contributed by atoms with E-state index >= 15 is 0 Å². The van der Waals surface area contributed by atoms with Crippen LogP contribution in [0, 0.1) is 17.0 Å². The van der Waals surface area contributed by atoms with E-state index < -0.39 is 4.92 Å². The molecular formula is C15H12N6O2. The molecule has 1 N–H and O–H groups in total. The maximum atomic E-state index is 10.9. The molecule has 0 amide bonds. The second-order valence-corrected chi connectivity index (χ2v) is 4.78. The maximum Gasteiger partial charge on any atom is 0.271 e. The minimum absolute atomic E-state index is 0.00703. The van der Waals surface area contributed by atoms with Gasteiger partial charge in [-0.05, 0) is 24.6 Å². The molecule has 1 aromatic carbocycles. The van der Waals surface area contributed by atoms with Crippen molar-refractivity contribution < 1.29 is 4.92 Å². The summed E-state index contributed by atoms with van der Waals surface area (Å²) in [6.07, 6.45) is 4.79. The number of rotatable bonds is 4. The third-order valence-corrected chi connectivity index (χ3v) is 3.21. The Hall–Kier alpha value is -3.42. The SMILES string of the molecule is Cc1ccc([N+](=O)[O-])cc1Nc1nccc(-c2ccnnc2)n1. The summed E-state index contributed by atoms with van der Waals surface area (Å²) >= 11 is 0. The van der Waals surface area contributed by atoms with Gasteiger partial charge in [0.25, 0.3) is 5.69 Å². The molecule has 0 radical (unpaired) electrons. The number of aryl methyl sites for hydroxylation is 1. The van der Waals surface area contributed by atoms with Crippen molar-refractivity contribution in [1.29, 1.82) is 0 Å². The van der Waals surface area contributed by atoms with Gasteiger partial charge in [-0.2, -0.15) is 10.2 Å². The Kier molecular flexibility index (Phi) is 3.88. The Morgan fingerprint density at radius 2 is 2.00 bits per heavy atom. The van der Waals surface area contributed by atoms with Gasteiger partial charge in [-0.3, -0.25) is 10.1 Å². The molecule has 0 saturated heterocycles. The van der Waals surface area contributed by atoms with Crippen molar-refractivity contribution in [1.82, 2.24) is 20.2 Å². The van der Waals surface area contributed by atoms with E-state index in [1.165, 1.54) is 12.1 Å². The number of non-ortho nitro benzene ring substituents is 1. The number of benzene rings is 1. The van der Waals surface area contributed by atoms with Gasteiger partial charge in [0.05, 0.1) is 28.7 Å². The average Bonchev–Trinajstić information content (AvgIpc) is 2.58. The lowest BCUT2D eigenvalue weighted by molar-refractivity contribution is -0.384. The summed E-state index contributed by atoms with van der Waals surface area (Å²) in [5.74, 6) is 0.350. The lowest BCUT2D eigenvalue weighted by Crippen LogP contribution is -2.00. The minimum atomic E-state index is -0.440. The molecule has 0 aliphatic carbocycles. The Morgan fingerprint density at radius 3 is 2.74 bits per heavy atom. The molecule has 2 heterocycles. The molecule has 0 aliphatic heterocycles. The Morgan fingerprint density at radius 1 is 1.13 bits per heavy atom. The predicted molar refractivity (Wildman–Crippen MR) is 84.2 cm³/mol. The fraction of sp³-hybridized carbons (Fsp3) is 0.0667. The van der Waals surface area contributed by atoms with Gasteiger partial charge in [0.1, 0.15) is 0 Å². The average molecular weight is 308 g/mol. The van der Waals surface area contributed by atoms with E-state index in [2.05, 4.69) is 25.5 Å². The van der Waals surface area contributed by atoms with Crippen molar-refractivity contribution in [2.24, 2.45) is 0 Å². The van der Waals surface area contributed by atoms with Crippen molar-refractivity contribution in [3.05, 3.63) is 64.6 Å². The second-order valence-electron chi connectivity index (χ2n) is 4.78. The molecule has 3 aromatic rings. The smallest absolute Gasteiger partial charge is 0.271 e. The molecular weight excluding hydrogens is 296 g/mol.